The first-order chi connectivity index (χ1) is 7.52. The van der Waals surface area contributed by atoms with E-state index < -0.39 is 0 Å². The number of benzene rings is 1. The predicted molar refractivity (Wildman–Crippen MR) is 71.2 cm³/mol. The number of halogens is 1. The van der Waals surface area contributed by atoms with Crippen molar-refractivity contribution in [3.63, 3.8) is 0 Å². The Kier molecular flexibility index (Phi) is 7.92. The minimum atomic E-state index is 0.00519. The Balaban J connectivity index is 0.000000325. The minimum absolute atomic E-state index is 0.00519. The zero-order valence-electron chi connectivity index (χ0n) is 10.6. The van der Waals surface area contributed by atoms with E-state index in [0.717, 1.165) is 5.92 Å². The number of hydrogen-bond donors (Lipinski definition) is 0. The summed E-state index contributed by atoms with van der Waals surface area (Å²) in [6.45, 7) is 8.24. The molecule has 0 unspecified atom stereocenters. The highest BCUT2D eigenvalue weighted by Gasteiger charge is 2.01. The number of ketones is 1. The molecule has 0 bridgehead atoms. The van der Waals surface area contributed by atoms with Gasteiger partial charge in [0.25, 0.3) is 0 Å². The summed E-state index contributed by atoms with van der Waals surface area (Å²) < 4.78 is 0. The molecule has 0 heterocycles. The summed E-state index contributed by atoms with van der Waals surface area (Å²) in [5.41, 5.74) is 0.587. The van der Waals surface area contributed by atoms with Crippen LogP contribution in [0.25, 0.3) is 0 Å². The fraction of sp³-hybridized carbons (Fsp3) is 0.500. The Morgan fingerprint density at radius 1 is 1.25 bits per heavy atom. The molecule has 0 fully saturated rings. The van der Waals surface area contributed by atoms with Gasteiger partial charge in [-0.15, -0.1) is 0 Å². The van der Waals surface area contributed by atoms with Crippen molar-refractivity contribution in [3.05, 3.63) is 34.9 Å². The van der Waals surface area contributed by atoms with Crippen LogP contribution in [0.4, 0.5) is 0 Å². The molecule has 0 saturated carbocycles. The van der Waals surface area contributed by atoms with Crippen molar-refractivity contribution >= 4 is 17.4 Å². The van der Waals surface area contributed by atoms with E-state index in [1.54, 1.807) is 24.3 Å². The molecule has 2 heteroatoms. The molecule has 0 aromatic heterocycles. The molecule has 1 nitrogen and oxygen atoms in total. The van der Waals surface area contributed by atoms with Gasteiger partial charge in [0.1, 0.15) is 0 Å². The van der Waals surface area contributed by atoms with E-state index in [1.807, 2.05) is 0 Å². The quantitative estimate of drug-likeness (QED) is 0.681. The molecule has 0 N–H and O–H groups in total. The van der Waals surface area contributed by atoms with Crippen LogP contribution in [-0.2, 0) is 0 Å². The van der Waals surface area contributed by atoms with Crippen molar-refractivity contribution in [2.45, 2.75) is 40.5 Å². The van der Waals surface area contributed by atoms with E-state index in [2.05, 4.69) is 20.8 Å². The second kappa shape index (κ2) is 8.35. The third-order valence-electron chi connectivity index (χ3n) is 2.65. The summed E-state index contributed by atoms with van der Waals surface area (Å²) in [7, 11) is 0. The summed E-state index contributed by atoms with van der Waals surface area (Å²) in [6.07, 6.45) is 2.66. The Hall–Kier alpha value is -0.820. The molecule has 16 heavy (non-hydrogen) atoms. The average Bonchev–Trinajstić information content (AvgIpc) is 2.29. The van der Waals surface area contributed by atoms with Gasteiger partial charge >= 0.3 is 0 Å². The number of rotatable bonds is 3. The number of hydrogen-bond acceptors (Lipinski definition) is 1. The summed E-state index contributed by atoms with van der Waals surface area (Å²) in [5.74, 6) is 0.940. The van der Waals surface area contributed by atoms with E-state index >= 15 is 0 Å². The van der Waals surface area contributed by atoms with Crippen LogP contribution < -0.4 is 0 Å². The Labute approximate surface area is 104 Å². The van der Waals surface area contributed by atoms with Gasteiger partial charge in [-0.1, -0.05) is 57.3 Å². The molecule has 0 spiro atoms. The normalized spacial score (nSPS) is 9.62. The average molecular weight is 241 g/mol. The van der Waals surface area contributed by atoms with Crippen LogP contribution in [0.15, 0.2) is 24.3 Å². The lowest BCUT2D eigenvalue weighted by atomic mass is 10.1. The standard InChI is InChI=1S/C8H7ClO.C6H14/c1-6(10)7-4-2-3-5-8(7)9;1-4-6(3)5-2/h2-5H,1H3;6H,4-5H2,1-3H3. The Bertz CT molecular complexity index is 316. The van der Waals surface area contributed by atoms with Crippen molar-refractivity contribution in [1.82, 2.24) is 0 Å². The first-order valence-corrected chi connectivity index (χ1v) is 6.16. The van der Waals surface area contributed by atoms with Crippen molar-refractivity contribution in [3.8, 4) is 0 Å². The van der Waals surface area contributed by atoms with E-state index in [-0.39, 0.29) is 5.78 Å². The van der Waals surface area contributed by atoms with E-state index in [4.69, 9.17) is 11.6 Å². The molecule has 90 valence electrons. The summed E-state index contributed by atoms with van der Waals surface area (Å²) in [6, 6.07) is 7.01. The molecule has 0 radical (unpaired) electrons. The van der Waals surface area contributed by atoms with Gasteiger partial charge in [0.15, 0.2) is 5.78 Å². The predicted octanol–water partition coefficient (Wildman–Crippen LogP) is 4.99. The van der Waals surface area contributed by atoms with Crippen molar-refractivity contribution in [1.29, 1.82) is 0 Å². The lowest BCUT2D eigenvalue weighted by molar-refractivity contribution is 0.101. The highest BCUT2D eigenvalue weighted by Crippen LogP contribution is 2.14. The van der Waals surface area contributed by atoms with E-state index in [0.29, 0.717) is 10.6 Å². The van der Waals surface area contributed by atoms with E-state index in [9.17, 15) is 4.79 Å². The smallest absolute Gasteiger partial charge is 0.161 e. The molecule has 0 atom stereocenters. The zero-order valence-corrected chi connectivity index (χ0v) is 11.3. The number of carbonyl (C=O) groups is 1. The molecule has 0 aliphatic heterocycles. The van der Waals surface area contributed by atoms with Gasteiger partial charge in [0, 0.05) is 5.56 Å². The van der Waals surface area contributed by atoms with Gasteiger partial charge in [0.05, 0.1) is 5.02 Å². The lowest BCUT2D eigenvalue weighted by Crippen LogP contribution is -1.91. The second-order valence-electron chi connectivity index (χ2n) is 3.96. The fourth-order valence-electron chi connectivity index (χ4n) is 1.04. The highest BCUT2D eigenvalue weighted by atomic mass is 35.5. The van der Waals surface area contributed by atoms with Gasteiger partial charge in [-0.3, -0.25) is 4.79 Å². The zero-order chi connectivity index (χ0) is 12.6. The fourth-order valence-corrected chi connectivity index (χ4v) is 1.30. The van der Waals surface area contributed by atoms with E-state index in [1.165, 1.54) is 19.8 Å². The summed E-state index contributed by atoms with van der Waals surface area (Å²) >= 11 is 5.70. The number of Topliss-reactive ketones (excluding diaryl/α,β-unsaturated/α-hetero) is 1. The molecule has 0 amide bonds. The third-order valence-corrected chi connectivity index (χ3v) is 2.98. The van der Waals surface area contributed by atoms with Crippen LogP contribution in [0.2, 0.25) is 5.02 Å². The van der Waals surface area contributed by atoms with Crippen LogP contribution in [-0.4, -0.2) is 5.78 Å². The molecular weight excluding hydrogens is 220 g/mol. The largest absolute Gasteiger partial charge is 0.294 e. The van der Waals surface area contributed by atoms with Gasteiger partial charge in [-0.2, -0.15) is 0 Å². The maximum absolute atomic E-state index is 10.8. The lowest BCUT2D eigenvalue weighted by Gasteiger charge is -1.98. The third kappa shape index (κ3) is 5.92. The van der Waals surface area contributed by atoms with Gasteiger partial charge < -0.3 is 0 Å². The second-order valence-corrected chi connectivity index (χ2v) is 4.36. The highest BCUT2D eigenvalue weighted by molar-refractivity contribution is 6.33. The monoisotopic (exact) mass is 240 g/mol. The molecule has 1 aromatic rings. The molecule has 0 aliphatic rings. The van der Waals surface area contributed by atoms with Crippen LogP contribution in [0.1, 0.15) is 50.9 Å². The molecule has 0 saturated heterocycles. The van der Waals surface area contributed by atoms with Crippen molar-refractivity contribution in [2.24, 2.45) is 5.92 Å². The molecular formula is C14H21ClO. The van der Waals surface area contributed by atoms with Crippen LogP contribution in [0, 0.1) is 5.92 Å². The Morgan fingerprint density at radius 3 is 2.00 bits per heavy atom. The van der Waals surface area contributed by atoms with Gasteiger partial charge in [-0.05, 0) is 25.0 Å². The van der Waals surface area contributed by atoms with Crippen molar-refractivity contribution < 1.29 is 4.79 Å². The minimum Gasteiger partial charge on any atom is -0.294 e. The summed E-state index contributed by atoms with van der Waals surface area (Å²) in [4.78, 5) is 10.8. The van der Waals surface area contributed by atoms with Gasteiger partial charge in [0.2, 0.25) is 0 Å². The number of carbonyl (C=O) groups excluding carboxylic acids is 1. The molecule has 0 aliphatic carbocycles. The van der Waals surface area contributed by atoms with Crippen LogP contribution in [0.5, 0.6) is 0 Å². The topological polar surface area (TPSA) is 17.1 Å². The summed E-state index contributed by atoms with van der Waals surface area (Å²) in [5, 5.41) is 0.523. The van der Waals surface area contributed by atoms with Crippen LogP contribution >= 0.6 is 11.6 Å². The first-order valence-electron chi connectivity index (χ1n) is 5.78. The Morgan fingerprint density at radius 2 is 1.75 bits per heavy atom. The van der Waals surface area contributed by atoms with Gasteiger partial charge in [-0.25, -0.2) is 0 Å². The SMILES string of the molecule is CC(=O)c1ccccc1Cl.CCC(C)CC. The molecule has 1 aromatic carbocycles. The maximum atomic E-state index is 10.8. The maximum Gasteiger partial charge on any atom is 0.161 e. The molecule has 1 rings (SSSR count). The first kappa shape index (κ1) is 15.2. The van der Waals surface area contributed by atoms with Crippen LogP contribution in [0.3, 0.4) is 0 Å². The van der Waals surface area contributed by atoms with Crippen molar-refractivity contribution in [2.75, 3.05) is 0 Å².